The number of hydrogen-bond acceptors (Lipinski definition) is 3. The zero-order valence-electron chi connectivity index (χ0n) is 12.2. The highest BCUT2D eigenvalue weighted by Gasteiger charge is 2.27. The minimum atomic E-state index is 0. The maximum atomic E-state index is 5.97. The highest BCUT2D eigenvalue weighted by atomic mass is 35.5. The normalized spacial score (nSPS) is 25.7. The van der Waals surface area contributed by atoms with E-state index in [0.717, 1.165) is 37.8 Å². The van der Waals surface area contributed by atoms with Gasteiger partial charge in [0, 0.05) is 25.6 Å². The van der Waals surface area contributed by atoms with Crippen molar-refractivity contribution in [2.75, 3.05) is 19.7 Å². The SMILES string of the molecule is CC1CCCN(Cc2ccc3c(c2)CCO3)C1CN.Cl. The van der Waals surface area contributed by atoms with Gasteiger partial charge in [-0.25, -0.2) is 0 Å². The van der Waals surface area contributed by atoms with Crippen molar-refractivity contribution in [1.82, 2.24) is 4.90 Å². The third-order valence-electron chi connectivity index (χ3n) is 4.61. The van der Waals surface area contributed by atoms with E-state index in [1.807, 2.05) is 0 Å². The topological polar surface area (TPSA) is 38.5 Å². The molecular formula is C16H25ClN2O. The molecule has 0 aliphatic carbocycles. The van der Waals surface area contributed by atoms with Crippen molar-refractivity contribution >= 4 is 12.4 Å². The van der Waals surface area contributed by atoms with Gasteiger partial charge in [-0.1, -0.05) is 19.1 Å². The van der Waals surface area contributed by atoms with Crippen molar-refractivity contribution in [2.45, 2.75) is 38.8 Å². The Morgan fingerprint density at radius 3 is 3.05 bits per heavy atom. The van der Waals surface area contributed by atoms with Gasteiger partial charge in [0.2, 0.25) is 0 Å². The van der Waals surface area contributed by atoms with Crippen LogP contribution in [0.4, 0.5) is 0 Å². The fraction of sp³-hybridized carbons (Fsp3) is 0.625. The average Bonchev–Trinajstić information content (AvgIpc) is 2.86. The van der Waals surface area contributed by atoms with Crippen molar-refractivity contribution in [1.29, 1.82) is 0 Å². The number of nitrogens with zero attached hydrogens (tertiary/aromatic N) is 1. The van der Waals surface area contributed by atoms with Crippen LogP contribution in [-0.2, 0) is 13.0 Å². The maximum Gasteiger partial charge on any atom is 0.122 e. The molecule has 2 atom stereocenters. The smallest absolute Gasteiger partial charge is 0.122 e. The highest BCUT2D eigenvalue weighted by Crippen LogP contribution is 2.28. The molecule has 4 heteroatoms. The van der Waals surface area contributed by atoms with Crippen LogP contribution >= 0.6 is 12.4 Å². The Hall–Kier alpha value is -0.770. The first-order valence-corrected chi connectivity index (χ1v) is 7.46. The first-order chi connectivity index (χ1) is 9.28. The third kappa shape index (κ3) is 3.11. The van der Waals surface area contributed by atoms with Gasteiger partial charge in [0.05, 0.1) is 6.61 Å². The van der Waals surface area contributed by atoms with Gasteiger partial charge in [0.25, 0.3) is 0 Å². The number of piperidine rings is 1. The second-order valence-corrected chi connectivity index (χ2v) is 5.93. The Kier molecular flexibility index (Phi) is 5.30. The highest BCUT2D eigenvalue weighted by molar-refractivity contribution is 5.85. The molecule has 1 fully saturated rings. The standard InChI is InChI=1S/C16H24N2O.ClH/c1-12-3-2-7-18(15(12)10-17)11-13-4-5-16-14(9-13)6-8-19-16;/h4-5,9,12,15H,2-3,6-8,10-11,17H2,1H3;1H. The van der Waals surface area contributed by atoms with Crippen molar-refractivity contribution < 1.29 is 4.74 Å². The molecule has 0 saturated carbocycles. The van der Waals surface area contributed by atoms with Gasteiger partial charge in [-0.15, -0.1) is 12.4 Å². The predicted molar refractivity (Wildman–Crippen MR) is 84.5 cm³/mol. The van der Waals surface area contributed by atoms with E-state index >= 15 is 0 Å². The quantitative estimate of drug-likeness (QED) is 0.932. The Morgan fingerprint density at radius 1 is 1.40 bits per heavy atom. The second-order valence-electron chi connectivity index (χ2n) is 5.93. The molecule has 2 N–H and O–H groups in total. The molecule has 3 rings (SSSR count). The van der Waals surface area contributed by atoms with Gasteiger partial charge in [0.1, 0.15) is 5.75 Å². The van der Waals surface area contributed by atoms with Crippen LogP contribution in [0, 0.1) is 5.92 Å². The molecule has 0 amide bonds. The van der Waals surface area contributed by atoms with E-state index in [0.29, 0.717) is 6.04 Å². The molecule has 1 aromatic carbocycles. The number of fused-ring (bicyclic) bond motifs is 1. The fourth-order valence-electron chi connectivity index (χ4n) is 3.48. The minimum Gasteiger partial charge on any atom is -0.493 e. The Labute approximate surface area is 127 Å². The average molecular weight is 297 g/mol. The molecule has 0 radical (unpaired) electrons. The summed E-state index contributed by atoms with van der Waals surface area (Å²) in [5.41, 5.74) is 8.73. The molecule has 2 aliphatic rings. The summed E-state index contributed by atoms with van der Waals surface area (Å²) in [7, 11) is 0. The van der Waals surface area contributed by atoms with Gasteiger partial charge in [0.15, 0.2) is 0 Å². The van der Waals surface area contributed by atoms with Gasteiger partial charge >= 0.3 is 0 Å². The lowest BCUT2D eigenvalue weighted by Gasteiger charge is -2.39. The Morgan fingerprint density at radius 2 is 2.25 bits per heavy atom. The number of halogens is 1. The molecule has 0 spiro atoms. The van der Waals surface area contributed by atoms with Gasteiger partial charge in [-0.2, -0.15) is 0 Å². The molecular weight excluding hydrogens is 272 g/mol. The van der Waals surface area contributed by atoms with E-state index in [4.69, 9.17) is 10.5 Å². The van der Waals surface area contributed by atoms with Crippen LogP contribution in [0.25, 0.3) is 0 Å². The van der Waals surface area contributed by atoms with Crippen LogP contribution in [0.15, 0.2) is 18.2 Å². The maximum absolute atomic E-state index is 5.97. The van der Waals surface area contributed by atoms with Gasteiger partial charge < -0.3 is 10.5 Å². The van der Waals surface area contributed by atoms with Crippen LogP contribution in [0.3, 0.4) is 0 Å². The molecule has 2 unspecified atom stereocenters. The molecule has 112 valence electrons. The number of benzene rings is 1. The van der Waals surface area contributed by atoms with Crippen LogP contribution in [0.2, 0.25) is 0 Å². The van der Waals surface area contributed by atoms with Crippen molar-refractivity contribution in [2.24, 2.45) is 11.7 Å². The molecule has 2 heterocycles. The molecule has 2 aliphatic heterocycles. The third-order valence-corrected chi connectivity index (χ3v) is 4.61. The summed E-state index contributed by atoms with van der Waals surface area (Å²) >= 11 is 0. The van der Waals surface area contributed by atoms with Crippen LogP contribution in [0.5, 0.6) is 5.75 Å². The van der Waals surface area contributed by atoms with Crippen LogP contribution < -0.4 is 10.5 Å². The van der Waals surface area contributed by atoms with Crippen molar-refractivity contribution in [3.05, 3.63) is 29.3 Å². The fourth-order valence-corrected chi connectivity index (χ4v) is 3.48. The van der Waals surface area contributed by atoms with Crippen molar-refractivity contribution in [3.63, 3.8) is 0 Å². The number of hydrogen-bond donors (Lipinski definition) is 1. The monoisotopic (exact) mass is 296 g/mol. The number of nitrogens with two attached hydrogens (primary N) is 1. The molecule has 3 nitrogen and oxygen atoms in total. The number of likely N-dealkylation sites (tertiary alicyclic amines) is 1. The second kappa shape index (κ2) is 6.79. The largest absolute Gasteiger partial charge is 0.493 e. The summed E-state index contributed by atoms with van der Waals surface area (Å²) in [6.45, 7) is 6.15. The lowest BCUT2D eigenvalue weighted by molar-refractivity contribution is 0.0990. The zero-order chi connectivity index (χ0) is 13.2. The molecule has 1 aromatic rings. The molecule has 20 heavy (non-hydrogen) atoms. The predicted octanol–water partition coefficient (Wildman–Crippen LogP) is 2.60. The van der Waals surface area contributed by atoms with Gasteiger partial charge in [-0.3, -0.25) is 4.90 Å². The Balaban J connectivity index is 0.00000147. The van der Waals surface area contributed by atoms with Crippen LogP contribution in [0.1, 0.15) is 30.9 Å². The molecule has 0 bridgehead atoms. The van der Waals surface area contributed by atoms with Crippen LogP contribution in [-0.4, -0.2) is 30.6 Å². The zero-order valence-corrected chi connectivity index (χ0v) is 13.0. The van der Waals surface area contributed by atoms with Gasteiger partial charge in [-0.05, 0) is 42.5 Å². The lowest BCUT2D eigenvalue weighted by Crippen LogP contribution is -2.48. The summed E-state index contributed by atoms with van der Waals surface area (Å²) in [5, 5.41) is 0. The number of ether oxygens (including phenoxy) is 1. The summed E-state index contributed by atoms with van der Waals surface area (Å²) in [6, 6.07) is 7.19. The summed E-state index contributed by atoms with van der Waals surface area (Å²) in [5.74, 6) is 1.79. The van der Waals surface area contributed by atoms with E-state index in [1.165, 1.54) is 30.5 Å². The molecule has 1 saturated heterocycles. The van der Waals surface area contributed by atoms with E-state index in [2.05, 4.69) is 30.0 Å². The first-order valence-electron chi connectivity index (χ1n) is 7.46. The van der Waals surface area contributed by atoms with E-state index in [9.17, 15) is 0 Å². The van der Waals surface area contributed by atoms with E-state index in [1.54, 1.807) is 0 Å². The minimum absolute atomic E-state index is 0. The summed E-state index contributed by atoms with van der Waals surface area (Å²) in [6.07, 6.45) is 3.67. The molecule has 0 aromatic heterocycles. The lowest BCUT2D eigenvalue weighted by atomic mass is 9.90. The van der Waals surface area contributed by atoms with E-state index < -0.39 is 0 Å². The van der Waals surface area contributed by atoms with E-state index in [-0.39, 0.29) is 12.4 Å². The number of rotatable bonds is 3. The first kappa shape index (κ1) is 15.6. The summed E-state index contributed by atoms with van der Waals surface area (Å²) in [4.78, 5) is 2.56. The Bertz CT molecular complexity index is 452. The van der Waals surface area contributed by atoms with Crippen molar-refractivity contribution in [3.8, 4) is 5.75 Å². The summed E-state index contributed by atoms with van der Waals surface area (Å²) < 4.78 is 5.57.